The van der Waals surface area contributed by atoms with E-state index in [4.69, 9.17) is 13.9 Å². The lowest BCUT2D eigenvalue weighted by atomic mass is 10.1. The van der Waals surface area contributed by atoms with Crippen molar-refractivity contribution in [3.8, 4) is 0 Å². The molecule has 0 aliphatic heterocycles. The molecule has 146 valence electrons. The highest BCUT2D eigenvalue weighted by Gasteiger charge is 2.29. The predicted molar refractivity (Wildman–Crippen MR) is 95.5 cm³/mol. The number of esters is 2. The number of hydrogen-bond donors (Lipinski definition) is 1. The number of carbonyl (C=O) groups excluding carboxylic acids is 4. The van der Waals surface area contributed by atoms with Crippen LogP contribution in [0.15, 0.2) is 16.6 Å². The van der Waals surface area contributed by atoms with E-state index in [2.05, 4.69) is 5.32 Å². The van der Waals surface area contributed by atoms with Crippen molar-refractivity contribution in [2.24, 2.45) is 5.92 Å². The molecule has 1 aliphatic carbocycles. The summed E-state index contributed by atoms with van der Waals surface area (Å²) in [5, 5.41) is 2.37. The number of aryl methyl sites for hydroxylation is 1. The fourth-order valence-electron chi connectivity index (χ4n) is 2.90. The first-order valence-electron chi connectivity index (χ1n) is 8.77. The summed E-state index contributed by atoms with van der Waals surface area (Å²) in [4.78, 5) is 47.9. The molecule has 0 bridgehead atoms. The lowest BCUT2D eigenvalue weighted by Crippen LogP contribution is -2.22. The number of anilines is 1. The van der Waals surface area contributed by atoms with Crippen LogP contribution in [-0.2, 0) is 19.1 Å². The molecule has 1 aromatic heterocycles. The summed E-state index contributed by atoms with van der Waals surface area (Å²) in [6, 6.07) is 0. The van der Waals surface area contributed by atoms with Gasteiger partial charge in [-0.2, -0.15) is 0 Å². The zero-order chi connectivity index (χ0) is 20.0. The van der Waals surface area contributed by atoms with Crippen LogP contribution < -0.4 is 5.32 Å². The van der Waals surface area contributed by atoms with Gasteiger partial charge in [-0.25, -0.2) is 4.79 Å². The van der Waals surface area contributed by atoms with E-state index in [9.17, 15) is 19.2 Å². The van der Waals surface area contributed by atoms with Crippen molar-refractivity contribution < 1.29 is 33.1 Å². The number of nitrogens with one attached hydrogen (secondary N) is 1. The average molecular weight is 377 g/mol. The van der Waals surface area contributed by atoms with E-state index in [1.807, 2.05) is 12.2 Å². The van der Waals surface area contributed by atoms with Gasteiger partial charge in [0.1, 0.15) is 11.3 Å². The molecular weight excluding hydrogens is 354 g/mol. The molecule has 1 N–H and O–H groups in total. The average Bonchev–Trinajstić information content (AvgIpc) is 3.20. The lowest BCUT2D eigenvalue weighted by Gasteiger charge is -2.09. The van der Waals surface area contributed by atoms with Gasteiger partial charge in [-0.3, -0.25) is 19.7 Å². The van der Waals surface area contributed by atoms with Gasteiger partial charge >= 0.3 is 11.9 Å². The molecule has 0 aromatic carbocycles. The first kappa shape index (κ1) is 20.4. The third kappa shape index (κ3) is 5.29. The molecule has 27 heavy (non-hydrogen) atoms. The second kappa shape index (κ2) is 9.16. The van der Waals surface area contributed by atoms with Gasteiger partial charge in [0.15, 0.2) is 12.4 Å². The zero-order valence-corrected chi connectivity index (χ0v) is 15.6. The molecule has 0 radical (unpaired) electrons. The fraction of sp³-hybridized carbons (Fsp3) is 0.474. The van der Waals surface area contributed by atoms with Crippen LogP contribution in [0.5, 0.6) is 0 Å². The largest absolute Gasteiger partial charge is 0.462 e. The Morgan fingerprint density at radius 2 is 1.96 bits per heavy atom. The van der Waals surface area contributed by atoms with Crippen molar-refractivity contribution in [3.05, 3.63) is 29.0 Å². The smallest absolute Gasteiger partial charge is 0.344 e. The Hall–Kier alpha value is -2.90. The minimum absolute atomic E-state index is 0.0498. The van der Waals surface area contributed by atoms with E-state index in [1.54, 1.807) is 6.92 Å². The first-order chi connectivity index (χ1) is 12.8. The van der Waals surface area contributed by atoms with E-state index in [1.165, 1.54) is 13.8 Å². The van der Waals surface area contributed by atoms with Gasteiger partial charge in [-0.1, -0.05) is 12.2 Å². The molecule has 0 fully saturated rings. The Morgan fingerprint density at radius 3 is 2.56 bits per heavy atom. The van der Waals surface area contributed by atoms with Gasteiger partial charge < -0.3 is 13.9 Å². The molecule has 1 heterocycles. The number of amides is 1. The molecule has 2 rings (SSSR count). The van der Waals surface area contributed by atoms with Crippen molar-refractivity contribution in [1.82, 2.24) is 0 Å². The Bertz CT molecular complexity index is 775. The summed E-state index contributed by atoms with van der Waals surface area (Å²) in [5.74, 6) is -2.20. The fourth-order valence-corrected chi connectivity index (χ4v) is 2.90. The van der Waals surface area contributed by atoms with Crippen LogP contribution >= 0.6 is 0 Å². The van der Waals surface area contributed by atoms with Crippen LogP contribution in [0.4, 0.5) is 5.88 Å². The van der Waals surface area contributed by atoms with Gasteiger partial charge in [0.25, 0.3) is 5.91 Å². The maximum absolute atomic E-state index is 12.2. The van der Waals surface area contributed by atoms with Gasteiger partial charge in [0.2, 0.25) is 5.88 Å². The minimum Gasteiger partial charge on any atom is -0.462 e. The SMILES string of the molecule is CCOC(=O)c1c(NC(=O)COC(=O)C[C@@H]2C=CCC2)oc(C)c1C(C)=O. The highest BCUT2D eigenvalue weighted by atomic mass is 16.5. The number of furan rings is 1. The number of allylic oxidation sites excluding steroid dienone is 2. The van der Waals surface area contributed by atoms with Crippen molar-refractivity contribution >= 4 is 29.5 Å². The predicted octanol–water partition coefficient (Wildman–Crippen LogP) is 2.81. The molecule has 0 unspecified atom stereocenters. The summed E-state index contributed by atoms with van der Waals surface area (Å²) >= 11 is 0. The first-order valence-corrected chi connectivity index (χ1v) is 8.77. The highest BCUT2D eigenvalue weighted by molar-refractivity contribution is 6.10. The topological polar surface area (TPSA) is 112 Å². The lowest BCUT2D eigenvalue weighted by molar-refractivity contribution is -0.147. The number of ether oxygens (including phenoxy) is 2. The van der Waals surface area contributed by atoms with Crippen molar-refractivity contribution in [3.63, 3.8) is 0 Å². The second-order valence-electron chi connectivity index (χ2n) is 6.19. The zero-order valence-electron chi connectivity index (χ0n) is 15.6. The monoisotopic (exact) mass is 377 g/mol. The van der Waals surface area contributed by atoms with E-state index < -0.39 is 30.2 Å². The van der Waals surface area contributed by atoms with Crippen LogP contribution in [0.25, 0.3) is 0 Å². The Labute approximate surface area is 156 Å². The Morgan fingerprint density at radius 1 is 1.22 bits per heavy atom. The maximum Gasteiger partial charge on any atom is 0.344 e. The van der Waals surface area contributed by atoms with Crippen LogP contribution in [0.1, 0.15) is 59.6 Å². The molecule has 1 aliphatic rings. The quantitative estimate of drug-likeness (QED) is 0.421. The van der Waals surface area contributed by atoms with Gasteiger partial charge in [-0.15, -0.1) is 0 Å². The summed E-state index contributed by atoms with van der Waals surface area (Å²) < 4.78 is 15.2. The van der Waals surface area contributed by atoms with Crippen molar-refractivity contribution in [2.75, 3.05) is 18.5 Å². The summed E-state index contributed by atoms with van der Waals surface area (Å²) in [6.07, 6.45) is 6.01. The van der Waals surface area contributed by atoms with Crippen LogP contribution in [0.3, 0.4) is 0 Å². The molecule has 1 aromatic rings. The van der Waals surface area contributed by atoms with Gasteiger partial charge in [0, 0.05) is 0 Å². The number of rotatable bonds is 8. The molecule has 1 amide bonds. The molecule has 1 atom stereocenters. The third-order valence-corrected chi connectivity index (χ3v) is 4.07. The Balaban J connectivity index is 2.02. The van der Waals surface area contributed by atoms with Crippen molar-refractivity contribution in [2.45, 2.75) is 40.0 Å². The number of ketones is 1. The standard InChI is InChI=1S/C19H23NO7/c1-4-25-19(24)17-16(11(2)21)12(3)27-18(17)20-14(22)10-26-15(23)9-13-7-5-6-8-13/h5,7,13H,4,6,8-10H2,1-3H3,(H,20,22)/t13-/m1/s1. The molecule has 0 saturated carbocycles. The molecule has 8 heteroatoms. The van der Waals surface area contributed by atoms with E-state index in [-0.39, 0.29) is 41.7 Å². The van der Waals surface area contributed by atoms with Crippen LogP contribution in [-0.4, -0.2) is 36.8 Å². The molecule has 0 saturated heterocycles. The Kier molecular flexibility index (Phi) is 6.92. The number of hydrogen-bond acceptors (Lipinski definition) is 7. The maximum atomic E-state index is 12.2. The van der Waals surface area contributed by atoms with E-state index >= 15 is 0 Å². The molecule has 8 nitrogen and oxygen atoms in total. The normalized spacial score (nSPS) is 15.4. The number of carbonyl (C=O) groups is 4. The molecule has 0 spiro atoms. The highest BCUT2D eigenvalue weighted by Crippen LogP contribution is 2.28. The van der Waals surface area contributed by atoms with E-state index in [0.717, 1.165) is 12.8 Å². The summed E-state index contributed by atoms with van der Waals surface area (Å²) in [7, 11) is 0. The second-order valence-corrected chi connectivity index (χ2v) is 6.19. The van der Waals surface area contributed by atoms with Crippen LogP contribution in [0.2, 0.25) is 0 Å². The van der Waals surface area contributed by atoms with Gasteiger partial charge in [0.05, 0.1) is 18.6 Å². The van der Waals surface area contributed by atoms with Gasteiger partial charge in [-0.05, 0) is 39.5 Å². The minimum atomic E-state index is -0.778. The van der Waals surface area contributed by atoms with E-state index in [0.29, 0.717) is 0 Å². The van der Waals surface area contributed by atoms with Crippen molar-refractivity contribution in [1.29, 1.82) is 0 Å². The van der Waals surface area contributed by atoms with Crippen LogP contribution in [0, 0.1) is 12.8 Å². The summed E-state index contributed by atoms with van der Waals surface area (Å²) in [5.41, 5.74) is -0.0913. The third-order valence-electron chi connectivity index (χ3n) is 4.07. The number of Topliss-reactive ketones (excluding diaryl/α,β-unsaturated/α-hetero) is 1. The molecular formula is C19H23NO7. The summed E-state index contributed by atoms with van der Waals surface area (Å²) in [6.45, 7) is 3.99.